The standard InChI is InChI=1S/C20H21ClN2O4S/c1-13-10-23(11-14(2)27-13)18(24)12-26-20(25)17-4-3-9-22-19(17)28-16-7-5-15(21)6-8-16/h3-9,13-14H,10-12H2,1-2H3/t13-,14-/m0/s1. The van der Waals surface area contributed by atoms with Crippen LogP contribution in [0.4, 0.5) is 0 Å². The summed E-state index contributed by atoms with van der Waals surface area (Å²) in [5.74, 6) is -0.807. The molecule has 0 unspecified atom stereocenters. The first kappa shape index (κ1) is 20.6. The molecular weight excluding hydrogens is 400 g/mol. The molecule has 3 rings (SSSR count). The molecule has 1 aromatic heterocycles. The minimum absolute atomic E-state index is 0.0379. The molecule has 1 fully saturated rings. The number of nitrogens with zero attached hydrogens (tertiary/aromatic N) is 2. The molecule has 1 aliphatic rings. The van der Waals surface area contributed by atoms with Gasteiger partial charge in [-0.1, -0.05) is 23.4 Å². The molecule has 0 aliphatic carbocycles. The van der Waals surface area contributed by atoms with E-state index in [-0.39, 0.29) is 24.7 Å². The van der Waals surface area contributed by atoms with Gasteiger partial charge in [-0.05, 0) is 50.2 Å². The van der Waals surface area contributed by atoms with Crippen LogP contribution >= 0.6 is 23.4 Å². The molecule has 8 heteroatoms. The molecule has 1 amide bonds. The molecule has 0 spiro atoms. The number of pyridine rings is 1. The van der Waals surface area contributed by atoms with Crippen molar-refractivity contribution in [2.45, 2.75) is 36.0 Å². The van der Waals surface area contributed by atoms with Crippen LogP contribution in [0.2, 0.25) is 5.02 Å². The molecule has 0 radical (unpaired) electrons. The minimum atomic E-state index is -0.577. The summed E-state index contributed by atoms with van der Waals surface area (Å²) in [7, 11) is 0. The van der Waals surface area contributed by atoms with Crippen LogP contribution < -0.4 is 0 Å². The monoisotopic (exact) mass is 420 g/mol. The van der Waals surface area contributed by atoms with Crippen molar-refractivity contribution in [2.75, 3.05) is 19.7 Å². The topological polar surface area (TPSA) is 68.7 Å². The lowest BCUT2D eigenvalue weighted by Gasteiger charge is -2.35. The number of hydrogen-bond donors (Lipinski definition) is 0. The van der Waals surface area contributed by atoms with Crippen LogP contribution in [0.15, 0.2) is 52.5 Å². The first-order chi connectivity index (χ1) is 13.4. The van der Waals surface area contributed by atoms with Crippen molar-refractivity contribution in [1.82, 2.24) is 9.88 Å². The highest BCUT2D eigenvalue weighted by molar-refractivity contribution is 7.99. The molecular formula is C20H21ClN2O4S. The molecule has 2 heterocycles. The van der Waals surface area contributed by atoms with Crippen molar-refractivity contribution in [3.63, 3.8) is 0 Å². The van der Waals surface area contributed by atoms with E-state index in [4.69, 9.17) is 21.1 Å². The van der Waals surface area contributed by atoms with Crippen LogP contribution in [-0.2, 0) is 14.3 Å². The van der Waals surface area contributed by atoms with E-state index in [9.17, 15) is 9.59 Å². The van der Waals surface area contributed by atoms with Crippen molar-refractivity contribution < 1.29 is 19.1 Å². The lowest BCUT2D eigenvalue weighted by molar-refractivity contribution is -0.146. The van der Waals surface area contributed by atoms with Crippen molar-refractivity contribution in [3.8, 4) is 0 Å². The molecule has 6 nitrogen and oxygen atoms in total. The van der Waals surface area contributed by atoms with E-state index in [2.05, 4.69) is 4.98 Å². The van der Waals surface area contributed by atoms with Crippen molar-refractivity contribution in [2.24, 2.45) is 0 Å². The lowest BCUT2D eigenvalue weighted by atomic mass is 10.2. The Bertz CT molecular complexity index is 836. The predicted molar refractivity (Wildman–Crippen MR) is 107 cm³/mol. The van der Waals surface area contributed by atoms with Crippen LogP contribution in [0.3, 0.4) is 0 Å². The SMILES string of the molecule is C[C@H]1CN(C(=O)COC(=O)c2cccnc2Sc2ccc(Cl)cc2)C[C@H](C)O1. The molecule has 0 bridgehead atoms. The molecule has 0 N–H and O–H groups in total. The Hall–Kier alpha value is -2.09. The number of amides is 1. The number of carbonyl (C=O) groups excluding carboxylic acids is 2. The molecule has 148 valence electrons. The van der Waals surface area contributed by atoms with Gasteiger partial charge in [-0.15, -0.1) is 0 Å². The van der Waals surface area contributed by atoms with E-state index in [0.29, 0.717) is 28.7 Å². The number of aromatic nitrogens is 1. The van der Waals surface area contributed by atoms with Crippen molar-refractivity contribution >= 4 is 35.2 Å². The minimum Gasteiger partial charge on any atom is -0.452 e. The third-order valence-electron chi connectivity index (χ3n) is 4.12. The van der Waals surface area contributed by atoms with Crippen LogP contribution in [0.1, 0.15) is 24.2 Å². The number of benzene rings is 1. The quantitative estimate of drug-likeness (QED) is 0.687. The number of rotatable bonds is 5. The third-order valence-corrected chi connectivity index (χ3v) is 5.40. The van der Waals surface area contributed by atoms with Gasteiger partial charge in [0.05, 0.1) is 17.8 Å². The molecule has 1 aliphatic heterocycles. The third kappa shape index (κ3) is 5.47. The van der Waals surface area contributed by atoms with Gasteiger partial charge in [0.25, 0.3) is 5.91 Å². The van der Waals surface area contributed by atoms with E-state index >= 15 is 0 Å². The summed E-state index contributed by atoms with van der Waals surface area (Å²) < 4.78 is 10.9. The number of morpholine rings is 1. The average Bonchev–Trinajstić information content (AvgIpc) is 2.67. The predicted octanol–water partition coefficient (Wildman–Crippen LogP) is 3.68. The number of esters is 1. The normalized spacial score (nSPS) is 19.3. The number of hydrogen-bond acceptors (Lipinski definition) is 6. The summed E-state index contributed by atoms with van der Waals surface area (Å²) in [4.78, 5) is 31.8. The Balaban J connectivity index is 1.63. The largest absolute Gasteiger partial charge is 0.452 e. The van der Waals surface area contributed by atoms with Gasteiger partial charge in [0.2, 0.25) is 0 Å². The maximum Gasteiger partial charge on any atom is 0.341 e. The van der Waals surface area contributed by atoms with Crippen molar-refractivity contribution in [1.29, 1.82) is 0 Å². The van der Waals surface area contributed by atoms with E-state index < -0.39 is 5.97 Å². The number of carbonyl (C=O) groups is 2. The van der Waals surface area contributed by atoms with Crippen LogP contribution in [-0.4, -0.2) is 53.7 Å². The zero-order valence-electron chi connectivity index (χ0n) is 15.6. The molecule has 1 saturated heterocycles. The van der Waals surface area contributed by atoms with Gasteiger partial charge in [-0.2, -0.15) is 0 Å². The zero-order valence-corrected chi connectivity index (χ0v) is 17.2. The summed E-state index contributed by atoms with van der Waals surface area (Å²) in [6.07, 6.45) is 1.53. The first-order valence-electron chi connectivity index (χ1n) is 8.91. The smallest absolute Gasteiger partial charge is 0.341 e. The molecule has 1 aromatic carbocycles. The van der Waals surface area contributed by atoms with E-state index in [0.717, 1.165) is 4.90 Å². The van der Waals surface area contributed by atoms with E-state index in [1.807, 2.05) is 26.0 Å². The highest BCUT2D eigenvalue weighted by Crippen LogP contribution is 2.29. The molecule has 0 saturated carbocycles. The highest BCUT2D eigenvalue weighted by atomic mass is 35.5. The average molecular weight is 421 g/mol. The Labute approximate surface area is 173 Å². The van der Waals surface area contributed by atoms with Crippen LogP contribution in [0, 0.1) is 0 Å². The lowest BCUT2D eigenvalue weighted by Crippen LogP contribution is -2.49. The maximum atomic E-state index is 12.5. The van der Waals surface area contributed by atoms with Gasteiger partial charge >= 0.3 is 5.97 Å². The summed E-state index contributed by atoms with van der Waals surface area (Å²) in [5, 5.41) is 1.14. The van der Waals surface area contributed by atoms with Crippen LogP contribution in [0.25, 0.3) is 0 Å². The zero-order chi connectivity index (χ0) is 20.1. The summed E-state index contributed by atoms with van der Waals surface area (Å²) in [5.41, 5.74) is 0.318. The summed E-state index contributed by atoms with van der Waals surface area (Å²) >= 11 is 7.24. The number of halogens is 1. The Morgan fingerprint density at radius 3 is 2.57 bits per heavy atom. The fourth-order valence-corrected chi connectivity index (χ4v) is 3.92. The summed E-state index contributed by atoms with van der Waals surface area (Å²) in [6, 6.07) is 10.5. The van der Waals surface area contributed by atoms with Gasteiger partial charge in [0, 0.05) is 29.2 Å². The van der Waals surface area contributed by atoms with Crippen molar-refractivity contribution in [3.05, 3.63) is 53.2 Å². The van der Waals surface area contributed by atoms with E-state index in [1.54, 1.807) is 35.4 Å². The molecule has 2 atom stereocenters. The van der Waals surface area contributed by atoms with Crippen LogP contribution in [0.5, 0.6) is 0 Å². The number of ether oxygens (including phenoxy) is 2. The second kappa shape index (κ2) is 9.41. The fraction of sp³-hybridized carbons (Fsp3) is 0.350. The Kier molecular flexibility index (Phi) is 6.93. The Morgan fingerprint density at radius 2 is 1.89 bits per heavy atom. The van der Waals surface area contributed by atoms with Gasteiger partial charge in [0.15, 0.2) is 6.61 Å². The van der Waals surface area contributed by atoms with Gasteiger partial charge in [-0.3, -0.25) is 4.79 Å². The van der Waals surface area contributed by atoms with Gasteiger partial charge in [0.1, 0.15) is 5.03 Å². The highest BCUT2D eigenvalue weighted by Gasteiger charge is 2.27. The Morgan fingerprint density at radius 1 is 1.21 bits per heavy atom. The molecule has 2 aromatic rings. The maximum absolute atomic E-state index is 12.5. The van der Waals surface area contributed by atoms with E-state index in [1.165, 1.54) is 11.8 Å². The summed E-state index contributed by atoms with van der Waals surface area (Å²) in [6.45, 7) is 4.50. The molecule has 28 heavy (non-hydrogen) atoms. The van der Waals surface area contributed by atoms with Gasteiger partial charge in [-0.25, -0.2) is 9.78 Å². The second-order valence-corrected chi connectivity index (χ2v) is 8.04. The van der Waals surface area contributed by atoms with Gasteiger partial charge < -0.3 is 14.4 Å². The fourth-order valence-electron chi connectivity index (χ4n) is 2.92. The second-order valence-electron chi connectivity index (χ2n) is 6.54. The first-order valence-corrected chi connectivity index (χ1v) is 10.1.